The van der Waals surface area contributed by atoms with Gasteiger partial charge in [0.25, 0.3) is 5.78 Å². The van der Waals surface area contributed by atoms with Crippen molar-refractivity contribution in [3.8, 4) is 5.75 Å². The van der Waals surface area contributed by atoms with E-state index in [0.717, 1.165) is 10.5 Å². The molecule has 1 atom stereocenters. The van der Waals surface area contributed by atoms with E-state index in [2.05, 4.69) is 9.97 Å². The summed E-state index contributed by atoms with van der Waals surface area (Å²) in [6, 6.07) is 16.8. The van der Waals surface area contributed by atoms with E-state index >= 15 is 4.39 Å². The van der Waals surface area contributed by atoms with E-state index in [9.17, 15) is 14.7 Å². The van der Waals surface area contributed by atoms with Crippen LogP contribution in [0.25, 0.3) is 16.8 Å². The van der Waals surface area contributed by atoms with Gasteiger partial charge in [0.1, 0.15) is 23.4 Å². The van der Waals surface area contributed by atoms with Crippen LogP contribution >= 0.6 is 0 Å². The number of methoxy groups -OCH3 is 1. The number of Topliss-reactive ketones (excluding diaryl/α,β-unsaturated/α-hetero) is 1. The number of aliphatic hydroxyl groups excluding tert-OH is 1. The number of aliphatic hydroxyl groups is 1. The van der Waals surface area contributed by atoms with E-state index in [1.165, 1.54) is 18.2 Å². The number of aromatic amines is 1. The van der Waals surface area contributed by atoms with Gasteiger partial charge < -0.3 is 14.8 Å². The Labute approximate surface area is 206 Å². The van der Waals surface area contributed by atoms with E-state index in [1.54, 1.807) is 49.6 Å². The SMILES string of the molecule is COc1ccc(/C(O)=C2\C(=O)C(=O)N(c3nc4ccccc4[nH]3)C2c2ccccc2F)cc1C(C)C. The number of ether oxygens (including phenoxy) is 1. The maximum Gasteiger partial charge on any atom is 0.302 e. The van der Waals surface area contributed by atoms with Crippen molar-refractivity contribution in [3.63, 3.8) is 0 Å². The fourth-order valence-electron chi connectivity index (χ4n) is 4.58. The smallest absolute Gasteiger partial charge is 0.302 e. The van der Waals surface area contributed by atoms with Crippen LogP contribution in [0.15, 0.2) is 72.3 Å². The Hall–Kier alpha value is -4.46. The van der Waals surface area contributed by atoms with Gasteiger partial charge >= 0.3 is 5.91 Å². The lowest BCUT2D eigenvalue weighted by molar-refractivity contribution is -0.132. The summed E-state index contributed by atoms with van der Waals surface area (Å²) in [5.74, 6) is -2.07. The molecule has 3 aromatic carbocycles. The minimum Gasteiger partial charge on any atom is -0.507 e. The summed E-state index contributed by atoms with van der Waals surface area (Å²) in [5, 5.41) is 11.4. The van der Waals surface area contributed by atoms with Crippen molar-refractivity contribution in [2.75, 3.05) is 12.0 Å². The zero-order valence-corrected chi connectivity index (χ0v) is 19.9. The molecule has 5 rings (SSSR count). The van der Waals surface area contributed by atoms with Crippen LogP contribution in [-0.4, -0.2) is 33.9 Å². The second kappa shape index (κ2) is 8.96. The minimum atomic E-state index is -1.23. The predicted octanol–water partition coefficient (Wildman–Crippen LogP) is 5.46. The van der Waals surface area contributed by atoms with Gasteiger partial charge in [0.15, 0.2) is 0 Å². The maximum absolute atomic E-state index is 15.1. The summed E-state index contributed by atoms with van der Waals surface area (Å²) in [4.78, 5) is 35.3. The monoisotopic (exact) mass is 485 g/mol. The van der Waals surface area contributed by atoms with Crippen LogP contribution < -0.4 is 9.64 Å². The van der Waals surface area contributed by atoms with Gasteiger partial charge in [-0.15, -0.1) is 0 Å². The summed E-state index contributed by atoms with van der Waals surface area (Å²) in [5.41, 5.74) is 2.22. The van der Waals surface area contributed by atoms with E-state index in [4.69, 9.17) is 4.74 Å². The number of nitrogens with one attached hydrogen (secondary N) is 1. The molecule has 1 unspecified atom stereocenters. The molecule has 0 radical (unpaired) electrons. The number of anilines is 1. The van der Waals surface area contributed by atoms with Crippen LogP contribution in [0, 0.1) is 5.82 Å². The number of amides is 1. The average molecular weight is 486 g/mol. The molecule has 2 N–H and O–H groups in total. The van der Waals surface area contributed by atoms with E-state index in [-0.39, 0.29) is 23.0 Å². The minimum absolute atomic E-state index is 0.0630. The Morgan fingerprint density at radius 2 is 1.81 bits per heavy atom. The fourth-order valence-corrected chi connectivity index (χ4v) is 4.58. The topological polar surface area (TPSA) is 95.5 Å². The first-order valence-electron chi connectivity index (χ1n) is 11.5. The molecule has 1 aliphatic heterocycles. The number of halogens is 1. The van der Waals surface area contributed by atoms with Crippen molar-refractivity contribution in [3.05, 3.63) is 94.8 Å². The van der Waals surface area contributed by atoms with Crippen molar-refractivity contribution in [1.82, 2.24) is 9.97 Å². The highest BCUT2D eigenvalue weighted by atomic mass is 19.1. The molecule has 1 amide bonds. The molecular weight excluding hydrogens is 461 g/mol. The number of carbonyl (C=O) groups is 2. The zero-order chi connectivity index (χ0) is 25.6. The van der Waals surface area contributed by atoms with Gasteiger partial charge in [0, 0.05) is 11.1 Å². The van der Waals surface area contributed by atoms with Crippen molar-refractivity contribution < 1.29 is 23.8 Å². The van der Waals surface area contributed by atoms with Gasteiger partial charge in [-0.1, -0.05) is 44.2 Å². The van der Waals surface area contributed by atoms with Crippen molar-refractivity contribution in [1.29, 1.82) is 0 Å². The second-order valence-electron chi connectivity index (χ2n) is 8.88. The number of rotatable bonds is 5. The summed E-state index contributed by atoms with van der Waals surface area (Å²) in [6.07, 6.45) is 0. The van der Waals surface area contributed by atoms with Gasteiger partial charge in [-0.05, 0) is 47.9 Å². The van der Waals surface area contributed by atoms with Gasteiger partial charge in [0.2, 0.25) is 5.95 Å². The third kappa shape index (κ3) is 3.71. The normalized spacial score (nSPS) is 17.4. The number of H-pyrrole nitrogens is 1. The van der Waals surface area contributed by atoms with Crippen LogP contribution in [0.3, 0.4) is 0 Å². The molecule has 8 heteroatoms. The predicted molar refractivity (Wildman–Crippen MR) is 134 cm³/mol. The highest BCUT2D eigenvalue weighted by molar-refractivity contribution is 6.51. The second-order valence-corrected chi connectivity index (χ2v) is 8.88. The van der Waals surface area contributed by atoms with Gasteiger partial charge in [-0.2, -0.15) is 0 Å². The maximum atomic E-state index is 15.1. The molecule has 0 bridgehead atoms. The number of para-hydroxylation sites is 2. The lowest BCUT2D eigenvalue weighted by Gasteiger charge is -2.23. The molecule has 7 nitrogen and oxygen atoms in total. The molecule has 36 heavy (non-hydrogen) atoms. The number of fused-ring (bicyclic) bond motifs is 1. The average Bonchev–Trinajstić information content (AvgIpc) is 3.41. The van der Waals surface area contributed by atoms with Crippen LogP contribution in [-0.2, 0) is 9.59 Å². The number of imidazole rings is 1. The fraction of sp³-hybridized carbons (Fsp3) is 0.179. The quantitative estimate of drug-likeness (QED) is 0.222. The largest absolute Gasteiger partial charge is 0.507 e. The molecule has 1 aromatic heterocycles. The first-order valence-corrected chi connectivity index (χ1v) is 11.5. The molecule has 182 valence electrons. The number of hydrogen-bond donors (Lipinski definition) is 2. The van der Waals surface area contributed by atoms with Gasteiger partial charge in [-0.3, -0.25) is 14.5 Å². The first-order chi connectivity index (χ1) is 17.3. The molecule has 2 heterocycles. The lowest BCUT2D eigenvalue weighted by Crippen LogP contribution is -2.30. The molecule has 0 saturated carbocycles. The summed E-state index contributed by atoms with van der Waals surface area (Å²) >= 11 is 0. The van der Waals surface area contributed by atoms with Crippen LogP contribution in [0.5, 0.6) is 5.75 Å². The molecule has 1 fully saturated rings. The number of carbonyl (C=O) groups excluding carboxylic acids is 2. The standard InChI is InChI=1S/C28H24FN3O4/c1-15(2)18-14-16(12-13-22(18)36-3)25(33)23-24(17-8-4-5-9-19(17)29)32(27(35)26(23)34)28-30-20-10-6-7-11-21(20)31-28/h4-15,24,33H,1-3H3,(H,30,31)/b25-23+. The van der Waals surface area contributed by atoms with Crippen LogP contribution in [0.4, 0.5) is 10.3 Å². The molecule has 0 aliphatic carbocycles. The summed E-state index contributed by atoms with van der Waals surface area (Å²) in [6.45, 7) is 3.95. The number of nitrogens with zero attached hydrogens (tertiary/aromatic N) is 2. The number of benzene rings is 3. The van der Waals surface area contributed by atoms with E-state index < -0.39 is 29.3 Å². The van der Waals surface area contributed by atoms with Crippen molar-refractivity contribution in [2.24, 2.45) is 0 Å². The lowest BCUT2D eigenvalue weighted by atomic mass is 9.93. The summed E-state index contributed by atoms with van der Waals surface area (Å²) < 4.78 is 20.5. The molecule has 0 spiro atoms. The Bertz CT molecular complexity index is 1510. The molecular formula is C28H24FN3O4. The van der Waals surface area contributed by atoms with Gasteiger partial charge in [0.05, 0.1) is 23.7 Å². The summed E-state index contributed by atoms with van der Waals surface area (Å²) in [7, 11) is 1.55. The van der Waals surface area contributed by atoms with Crippen LogP contribution in [0.2, 0.25) is 0 Å². The first kappa shape index (κ1) is 23.3. The number of hydrogen-bond acceptors (Lipinski definition) is 5. The van der Waals surface area contributed by atoms with E-state index in [1.807, 2.05) is 19.9 Å². The third-order valence-corrected chi connectivity index (χ3v) is 6.37. The van der Waals surface area contributed by atoms with Crippen LogP contribution in [0.1, 0.15) is 42.5 Å². The highest BCUT2D eigenvalue weighted by Crippen LogP contribution is 2.43. The molecule has 1 aliphatic rings. The Morgan fingerprint density at radius 3 is 2.50 bits per heavy atom. The zero-order valence-electron chi connectivity index (χ0n) is 19.9. The van der Waals surface area contributed by atoms with Gasteiger partial charge in [-0.25, -0.2) is 9.37 Å². The number of aromatic nitrogens is 2. The Balaban J connectivity index is 1.74. The number of ketones is 1. The third-order valence-electron chi connectivity index (χ3n) is 6.37. The highest BCUT2D eigenvalue weighted by Gasteiger charge is 2.49. The molecule has 4 aromatic rings. The Kier molecular flexibility index (Phi) is 5.80. The van der Waals surface area contributed by atoms with Crippen molar-refractivity contribution in [2.45, 2.75) is 25.8 Å². The molecule has 1 saturated heterocycles. The van der Waals surface area contributed by atoms with Crippen molar-refractivity contribution >= 4 is 34.4 Å². The van der Waals surface area contributed by atoms with E-state index in [0.29, 0.717) is 22.3 Å². The Morgan fingerprint density at radius 1 is 1.08 bits per heavy atom.